The molecule has 0 spiro atoms. The van der Waals surface area contributed by atoms with E-state index < -0.39 is 0 Å². The molecule has 0 aromatic heterocycles. The van der Waals surface area contributed by atoms with Gasteiger partial charge in [0, 0.05) is 18.4 Å². The first-order chi connectivity index (χ1) is 11.5. The van der Waals surface area contributed by atoms with E-state index in [1.807, 2.05) is 12.1 Å². The summed E-state index contributed by atoms with van der Waals surface area (Å²) in [6.45, 7) is 5.20. The second-order valence-electron chi connectivity index (χ2n) is 5.94. The van der Waals surface area contributed by atoms with Crippen molar-refractivity contribution in [2.75, 3.05) is 19.0 Å². The number of carbonyl (C=O) groups is 1. The fourth-order valence-corrected chi connectivity index (χ4v) is 2.36. The normalized spacial score (nSPS) is 10.7. The summed E-state index contributed by atoms with van der Waals surface area (Å²) in [6.07, 6.45) is 0. The minimum absolute atomic E-state index is 0.195. The Morgan fingerprint density at radius 2 is 2.00 bits per heavy atom. The van der Waals surface area contributed by atoms with Gasteiger partial charge < -0.3 is 14.8 Å². The summed E-state index contributed by atoms with van der Waals surface area (Å²) >= 11 is 6.22. The molecular formula is C19H22ClNO3. The molecule has 0 fully saturated rings. The quantitative estimate of drug-likeness (QED) is 0.784. The number of amides is 1. The molecule has 0 heterocycles. The molecule has 2 aromatic carbocycles. The third-order valence-corrected chi connectivity index (χ3v) is 3.56. The van der Waals surface area contributed by atoms with Gasteiger partial charge in [-0.2, -0.15) is 0 Å². The van der Waals surface area contributed by atoms with Crippen molar-refractivity contribution in [2.24, 2.45) is 5.92 Å². The molecule has 0 saturated carbocycles. The van der Waals surface area contributed by atoms with E-state index in [0.29, 0.717) is 41.2 Å². The molecule has 0 aliphatic heterocycles. The maximum Gasteiger partial charge on any atom is 0.255 e. The Hall–Kier alpha value is -2.04. The molecule has 0 bridgehead atoms. The molecular weight excluding hydrogens is 326 g/mol. The van der Waals surface area contributed by atoms with E-state index in [1.54, 1.807) is 37.4 Å². The van der Waals surface area contributed by atoms with Crippen LogP contribution in [0, 0.1) is 5.92 Å². The number of anilines is 1. The minimum atomic E-state index is -0.195. The molecule has 0 atom stereocenters. The molecule has 2 rings (SSSR count). The van der Waals surface area contributed by atoms with Gasteiger partial charge in [-0.1, -0.05) is 37.6 Å². The lowest BCUT2D eigenvalue weighted by atomic mass is 10.1. The second-order valence-corrected chi connectivity index (χ2v) is 6.34. The maximum absolute atomic E-state index is 12.4. The number of carbonyl (C=O) groups excluding carboxylic acids is 1. The van der Waals surface area contributed by atoms with E-state index >= 15 is 0 Å². The summed E-state index contributed by atoms with van der Waals surface area (Å²) in [7, 11) is 1.62. The Bertz CT molecular complexity index is 701. The fraction of sp³-hybridized carbons (Fsp3) is 0.316. The summed E-state index contributed by atoms with van der Waals surface area (Å²) < 4.78 is 10.7. The van der Waals surface area contributed by atoms with Gasteiger partial charge in [-0.15, -0.1) is 0 Å². The summed E-state index contributed by atoms with van der Waals surface area (Å²) in [6, 6.07) is 12.5. The first-order valence-corrected chi connectivity index (χ1v) is 8.19. The summed E-state index contributed by atoms with van der Waals surface area (Å²) in [4.78, 5) is 12.4. The maximum atomic E-state index is 12.4. The van der Waals surface area contributed by atoms with Crippen LogP contribution in [0.2, 0.25) is 5.02 Å². The van der Waals surface area contributed by atoms with Gasteiger partial charge in [-0.25, -0.2) is 0 Å². The van der Waals surface area contributed by atoms with Crippen LogP contribution >= 0.6 is 11.6 Å². The van der Waals surface area contributed by atoms with Gasteiger partial charge in [0.15, 0.2) is 0 Å². The van der Waals surface area contributed by atoms with Gasteiger partial charge in [0.05, 0.1) is 18.2 Å². The lowest BCUT2D eigenvalue weighted by Crippen LogP contribution is -2.12. The zero-order valence-electron chi connectivity index (χ0n) is 14.1. The third-order valence-electron chi connectivity index (χ3n) is 3.26. The van der Waals surface area contributed by atoms with Crippen LogP contribution < -0.4 is 10.1 Å². The van der Waals surface area contributed by atoms with Gasteiger partial charge in [-0.3, -0.25) is 4.79 Å². The predicted octanol–water partition coefficient (Wildman–Crippen LogP) is 4.77. The van der Waals surface area contributed by atoms with Crippen molar-refractivity contribution in [3.05, 3.63) is 58.6 Å². The second kappa shape index (κ2) is 8.71. The standard InChI is InChI=1S/C19H22ClNO3/c1-13(2)11-24-18-8-7-16(10-17(18)20)21-19(22)15-6-4-5-14(9-15)12-23-3/h4-10,13H,11-12H2,1-3H3,(H,21,22). The van der Waals surface area contributed by atoms with E-state index in [9.17, 15) is 4.79 Å². The smallest absolute Gasteiger partial charge is 0.255 e. The van der Waals surface area contributed by atoms with Crippen molar-refractivity contribution >= 4 is 23.2 Å². The molecule has 5 heteroatoms. The molecule has 0 saturated heterocycles. The number of nitrogens with one attached hydrogen (secondary N) is 1. The fourth-order valence-electron chi connectivity index (χ4n) is 2.12. The van der Waals surface area contributed by atoms with Crippen molar-refractivity contribution in [3.8, 4) is 5.75 Å². The molecule has 128 valence electrons. The highest BCUT2D eigenvalue weighted by Gasteiger charge is 2.09. The summed E-state index contributed by atoms with van der Waals surface area (Å²) in [5.74, 6) is 0.838. The number of hydrogen-bond acceptors (Lipinski definition) is 3. The van der Waals surface area contributed by atoms with Gasteiger partial charge in [0.1, 0.15) is 5.75 Å². The highest BCUT2D eigenvalue weighted by molar-refractivity contribution is 6.32. The van der Waals surface area contributed by atoms with Crippen molar-refractivity contribution in [2.45, 2.75) is 20.5 Å². The molecule has 4 nitrogen and oxygen atoms in total. The number of benzene rings is 2. The SMILES string of the molecule is COCc1cccc(C(=O)Nc2ccc(OCC(C)C)c(Cl)c2)c1. The Balaban J connectivity index is 2.06. The lowest BCUT2D eigenvalue weighted by Gasteiger charge is -2.12. The van der Waals surface area contributed by atoms with Crippen LogP contribution in [0.5, 0.6) is 5.75 Å². The Labute approximate surface area is 147 Å². The number of methoxy groups -OCH3 is 1. The van der Waals surface area contributed by atoms with Crippen molar-refractivity contribution in [3.63, 3.8) is 0 Å². The average Bonchev–Trinajstić information content (AvgIpc) is 2.54. The summed E-state index contributed by atoms with van der Waals surface area (Å²) in [5, 5.41) is 3.31. The van der Waals surface area contributed by atoms with Crippen molar-refractivity contribution in [1.82, 2.24) is 0 Å². The predicted molar refractivity (Wildman–Crippen MR) is 96.9 cm³/mol. The number of rotatable bonds is 7. The van der Waals surface area contributed by atoms with Gasteiger partial charge in [0.25, 0.3) is 5.91 Å². The zero-order chi connectivity index (χ0) is 17.5. The number of halogens is 1. The van der Waals surface area contributed by atoms with Crippen LogP contribution in [-0.2, 0) is 11.3 Å². The molecule has 24 heavy (non-hydrogen) atoms. The van der Waals surface area contributed by atoms with Crippen LogP contribution in [0.1, 0.15) is 29.8 Å². The topological polar surface area (TPSA) is 47.6 Å². The Kier molecular flexibility index (Phi) is 6.64. The zero-order valence-corrected chi connectivity index (χ0v) is 14.9. The summed E-state index contributed by atoms with van der Waals surface area (Å²) in [5.41, 5.74) is 2.14. The van der Waals surface area contributed by atoms with Crippen LogP contribution in [-0.4, -0.2) is 19.6 Å². The van der Waals surface area contributed by atoms with Crippen molar-refractivity contribution < 1.29 is 14.3 Å². The molecule has 0 radical (unpaired) electrons. The van der Waals surface area contributed by atoms with E-state index in [2.05, 4.69) is 19.2 Å². The van der Waals surface area contributed by atoms with Crippen LogP contribution in [0.25, 0.3) is 0 Å². The first-order valence-electron chi connectivity index (χ1n) is 7.81. The van der Waals surface area contributed by atoms with Crippen LogP contribution in [0.15, 0.2) is 42.5 Å². The van der Waals surface area contributed by atoms with E-state index in [-0.39, 0.29) is 5.91 Å². The number of ether oxygens (including phenoxy) is 2. The average molecular weight is 348 g/mol. The Morgan fingerprint density at radius 1 is 1.21 bits per heavy atom. The molecule has 1 N–H and O–H groups in total. The van der Waals surface area contributed by atoms with Crippen molar-refractivity contribution in [1.29, 1.82) is 0 Å². The van der Waals surface area contributed by atoms with Crippen LogP contribution in [0.3, 0.4) is 0 Å². The lowest BCUT2D eigenvalue weighted by molar-refractivity contribution is 0.102. The molecule has 0 aliphatic rings. The Morgan fingerprint density at radius 3 is 2.67 bits per heavy atom. The highest BCUT2D eigenvalue weighted by atomic mass is 35.5. The molecule has 2 aromatic rings. The molecule has 1 amide bonds. The van der Waals surface area contributed by atoms with Crippen LogP contribution in [0.4, 0.5) is 5.69 Å². The van der Waals surface area contributed by atoms with Gasteiger partial charge >= 0.3 is 0 Å². The molecule has 0 unspecified atom stereocenters. The van der Waals surface area contributed by atoms with Gasteiger partial charge in [0.2, 0.25) is 0 Å². The first kappa shape index (κ1) is 18.3. The van der Waals surface area contributed by atoms with E-state index in [1.165, 1.54) is 0 Å². The minimum Gasteiger partial charge on any atom is -0.492 e. The largest absolute Gasteiger partial charge is 0.492 e. The highest BCUT2D eigenvalue weighted by Crippen LogP contribution is 2.28. The monoisotopic (exact) mass is 347 g/mol. The van der Waals surface area contributed by atoms with E-state index in [0.717, 1.165) is 5.56 Å². The van der Waals surface area contributed by atoms with E-state index in [4.69, 9.17) is 21.1 Å². The van der Waals surface area contributed by atoms with Gasteiger partial charge in [-0.05, 0) is 41.8 Å². The molecule has 0 aliphatic carbocycles. The third kappa shape index (κ3) is 5.25. The number of hydrogen-bond donors (Lipinski definition) is 1.